The summed E-state index contributed by atoms with van der Waals surface area (Å²) in [6, 6.07) is 7.29. The van der Waals surface area contributed by atoms with Crippen LogP contribution in [0.4, 0.5) is 0 Å². The second-order valence-corrected chi connectivity index (χ2v) is 5.47. The molecule has 0 amide bonds. The minimum Gasteiger partial charge on any atom is -0.459 e. The van der Waals surface area contributed by atoms with Crippen molar-refractivity contribution in [3.8, 4) is 0 Å². The van der Waals surface area contributed by atoms with Gasteiger partial charge in [0.15, 0.2) is 0 Å². The molecule has 0 bridgehead atoms. The van der Waals surface area contributed by atoms with Crippen molar-refractivity contribution in [3.63, 3.8) is 0 Å². The van der Waals surface area contributed by atoms with E-state index in [0.717, 1.165) is 12.8 Å². The molecule has 0 heterocycles. The van der Waals surface area contributed by atoms with Crippen molar-refractivity contribution in [2.24, 2.45) is 5.92 Å². The van der Waals surface area contributed by atoms with Gasteiger partial charge in [-0.1, -0.05) is 31.9 Å². The molecule has 1 aromatic carbocycles. The molecule has 3 heteroatoms. The quantitative estimate of drug-likeness (QED) is 0.657. The summed E-state index contributed by atoms with van der Waals surface area (Å²) in [4.78, 5) is 12.7. The second kappa shape index (κ2) is 6.28. The normalized spacial score (nSPS) is 23.7. The zero-order chi connectivity index (χ0) is 13.0. The first-order chi connectivity index (χ1) is 8.70. The third-order valence-electron chi connectivity index (χ3n) is 3.71. The van der Waals surface area contributed by atoms with Gasteiger partial charge >= 0.3 is 5.97 Å². The summed E-state index contributed by atoms with van der Waals surface area (Å²) in [6.07, 6.45) is 5.71. The van der Waals surface area contributed by atoms with Gasteiger partial charge in [-0.25, -0.2) is 4.79 Å². The average molecular weight is 264 g/mol. The number of benzene rings is 1. The van der Waals surface area contributed by atoms with Crippen LogP contribution in [-0.4, -0.2) is 12.1 Å². The van der Waals surface area contributed by atoms with Gasteiger partial charge in [0.1, 0.15) is 6.10 Å². The molecule has 0 aliphatic heterocycles. The van der Waals surface area contributed by atoms with E-state index in [1.165, 1.54) is 19.3 Å². The average Bonchev–Trinajstić information content (AvgIpc) is 2.39. The first-order valence-electron chi connectivity index (χ1n) is 6.69. The van der Waals surface area contributed by atoms with Crippen LogP contribution in [0.5, 0.6) is 0 Å². The van der Waals surface area contributed by atoms with Crippen LogP contribution in [0.2, 0.25) is 0 Å². The molecular weight excluding hydrogens is 244 g/mol. The Kier molecular flexibility index (Phi) is 4.70. The summed E-state index contributed by atoms with van der Waals surface area (Å²) in [5.41, 5.74) is 0.569. The van der Waals surface area contributed by atoms with E-state index >= 15 is 0 Å². The summed E-state index contributed by atoms with van der Waals surface area (Å²) >= 11 is 4.29. The highest BCUT2D eigenvalue weighted by Crippen LogP contribution is 2.29. The molecule has 1 aromatic rings. The van der Waals surface area contributed by atoms with Crippen LogP contribution in [0, 0.1) is 5.92 Å². The number of ether oxygens (including phenoxy) is 1. The highest BCUT2D eigenvalue weighted by Gasteiger charge is 2.24. The van der Waals surface area contributed by atoms with E-state index < -0.39 is 0 Å². The molecule has 2 unspecified atom stereocenters. The van der Waals surface area contributed by atoms with Crippen LogP contribution < -0.4 is 0 Å². The fourth-order valence-electron chi connectivity index (χ4n) is 2.58. The molecule has 0 aromatic heterocycles. The first-order valence-corrected chi connectivity index (χ1v) is 7.14. The highest BCUT2D eigenvalue weighted by atomic mass is 32.1. The smallest absolute Gasteiger partial charge is 0.339 e. The maximum absolute atomic E-state index is 12.1. The number of carbonyl (C=O) groups excluding carboxylic acids is 1. The maximum atomic E-state index is 12.1. The lowest BCUT2D eigenvalue weighted by molar-refractivity contribution is 0.0136. The maximum Gasteiger partial charge on any atom is 0.339 e. The van der Waals surface area contributed by atoms with E-state index in [-0.39, 0.29) is 12.1 Å². The largest absolute Gasteiger partial charge is 0.459 e. The molecule has 0 N–H and O–H groups in total. The van der Waals surface area contributed by atoms with E-state index in [0.29, 0.717) is 16.4 Å². The second-order valence-electron chi connectivity index (χ2n) is 4.99. The molecule has 1 fully saturated rings. The Hall–Kier alpha value is -0.960. The Morgan fingerprint density at radius 3 is 2.89 bits per heavy atom. The summed E-state index contributed by atoms with van der Waals surface area (Å²) < 4.78 is 5.60. The van der Waals surface area contributed by atoms with Gasteiger partial charge in [-0.15, -0.1) is 12.6 Å². The van der Waals surface area contributed by atoms with Crippen molar-refractivity contribution in [3.05, 3.63) is 29.8 Å². The first kappa shape index (κ1) is 13.5. The minimum atomic E-state index is -0.234. The van der Waals surface area contributed by atoms with Gasteiger partial charge < -0.3 is 4.74 Å². The number of thiol groups is 1. The molecule has 1 aliphatic carbocycles. The molecular formula is C15H20O2S. The Labute approximate surface area is 114 Å². The number of esters is 1. The lowest BCUT2D eigenvalue weighted by Crippen LogP contribution is -2.25. The number of carbonyl (C=O) groups is 1. The molecule has 0 saturated heterocycles. The summed E-state index contributed by atoms with van der Waals surface area (Å²) in [5.74, 6) is 0.477. The van der Waals surface area contributed by atoms with Crippen LogP contribution in [0.1, 0.15) is 49.4 Å². The van der Waals surface area contributed by atoms with E-state index in [9.17, 15) is 4.79 Å². The topological polar surface area (TPSA) is 26.3 Å². The van der Waals surface area contributed by atoms with Crippen LogP contribution in [-0.2, 0) is 4.74 Å². The zero-order valence-corrected chi connectivity index (χ0v) is 11.7. The van der Waals surface area contributed by atoms with Crippen molar-refractivity contribution in [1.82, 2.24) is 0 Å². The van der Waals surface area contributed by atoms with E-state index in [1.54, 1.807) is 6.07 Å². The van der Waals surface area contributed by atoms with Crippen LogP contribution in [0.25, 0.3) is 0 Å². The van der Waals surface area contributed by atoms with Crippen LogP contribution in [0.3, 0.4) is 0 Å². The Morgan fingerprint density at radius 2 is 2.17 bits per heavy atom. The summed E-state index contributed by atoms with van der Waals surface area (Å²) in [7, 11) is 0. The molecule has 98 valence electrons. The predicted octanol–water partition coefficient (Wildman–Crippen LogP) is 4.10. The number of rotatable bonds is 3. The number of hydrogen-bond acceptors (Lipinski definition) is 3. The molecule has 0 spiro atoms. The van der Waals surface area contributed by atoms with Crippen LogP contribution in [0.15, 0.2) is 29.2 Å². The molecule has 1 saturated carbocycles. The van der Waals surface area contributed by atoms with Gasteiger partial charge in [-0.05, 0) is 37.3 Å². The van der Waals surface area contributed by atoms with Crippen LogP contribution >= 0.6 is 12.6 Å². The van der Waals surface area contributed by atoms with Crippen molar-refractivity contribution in [2.75, 3.05) is 0 Å². The Morgan fingerprint density at radius 1 is 1.39 bits per heavy atom. The molecule has 18 heavy (non-hydrogen) atoms. The minimum absolute atomic E-state index is 0.0872. The molecule has 2 atom stereocenters. The van der Waals surface area contributed by atoms with E-state index in [1.807, 2.05) is 18.2 Å². The lowest BCUT2D eigenvalue weighted by Gasteiger charge is -2.28. The highest BCUT2D eigenvalue weighted by molar-refractivity contribution is 7.80. The fraction of sp³-hybridized carbons (Fsp3) is 0.533. The van der Waals surface area contributed by atoms with Crippen molar-refractivity contribution in [1.29, 1.82) is 0 Å². The van der Waals surface area contributed by atoms with Gasteiger partial charge in [0.2, 0.25) is 0 Å². The predicted molar refractivity (Wildman–Crippen MR) is 75.1 cm³/mol. The van der Waals surface area contributed by atoms with Gasteiger partial charge in [0.25, 0.3) is 0 Å². The zero-order valence-electron chi connectivity index (χ0n) is 10.8. The fourth-order valence-corrected chi connectivity index (χ4v) is 2.83. The van der Waals surface area contributed by atoms with Gasteiger partial charge in [0, 0.05) is 4.90 Å². The van der Waals surface area contributed by atoms with E-state index in [4.69, 9.17) is 4.74 Å². The van der Waals surface area contributed by atoms with Crippen molar-refractivity contribution in [2.45, 2.75) is 50.0 Å². The molecule has 1 aliphatic rings. The SMILES string of the molecule is CCC1CCCC(OC(=O)c2ccccc2S)C1. The molecule has 2 nitrogen and oxygen atoms in total. The lowest BCUT2D eigenvalue weighted by atomic mass is 9.85. The van der Waals surface area contributed by atoms with Gasteiger partial charge in [0.05, 0.1) is 5.56 Å². The van der Waals surface area contributed by atoms with Gasteiger partial charge in [-0.2, -0.15) is 0 Å². The third-order valence-corrected chi connectivity index (χ3v) is 4.10. The van der Waals surface area contributed by atoms with Gasteiger partial charge in [-0.3, -0.25) is 0 Å². The van der Waals surface area contributed by atoms with Crippen molar-refractivity contribution < 1.29 is 9.53 Å². The summed E-state index contributed by atoms with van der Waals surface area (Å²) in [5, 5.41) is 0. The van der Waals surface area contributed by atoms with E-state index in [2.05, 4.69) is 19.6 Å². The summed E-state index contributed by atoms with van der Waals surface area (Å²) in [6.45, 7) is 2.21. The molecule has 2 rings (SSSR count). The standard InChI is InChI=1S/C15H20O2S/c1-2-11-6-5-7-12(10-11)17-15(16)13-8-3-4-9-14(13)18/h3-4,8-9,11-12,18H,2,5-7,10H2,1H3. The third kappa shape index (κ3) is 3.29. The molecule has 0 radical (unpaired) electrons. The Bertz CT molecular complexity index is 417. The van der Waals surface area contributed by atoms with Crippen molar-refractivity contribution >= 4 is 18.6 Å². The Balaban J connectivity index is 1.97. The number of hydrogen-bond donors (Lipinski definition) is 1. The monoisotopic (exact) mass is 264 g/mol.